The normalized spacial score (nSPS) is 12.3. The van der Waals surface area contributed by atoms with Crippen LogP contribution in [0.2, 0.25) is 0 Å². The van der Waals surface area contributed by atoms with Crippen molar-refractivity contribution in [2.75, 3.05) is 13.7 Å². The molecule has 8 nitrogen and oxygen atoms in total. The van der Waals surface area contributed by atoms with Crippen molar-refractivity contribution < 1.29 is 14.6 Å². The number of tetrazole rings is 1. The molecule has 0 amide bonds. The maximum atomic E-state index is 10.2. The third-order valence-electron chi connectivity index (χ3n) is 3.72. The van der Waals surface area contributed by atoms with Gasteiger partial charge in [0.05, 0.1) is 13.7 Å². The van der Waals surface area contributed by atoms with Crippen LogP contribution in [0.1, 0.15) is 12.5 Å². The number of ether oxygens (including phenoxy) is 2. The quantitative estimate of drug-likeness (QED) is 0.652. The minimum absolute atomic E-state index is 0.0725. The molecule has 3 rings (SSSR count). The molecule has 2 aromatic heterocycles. The molecule has 0 saturated carbocycles. The zero-order chi connectivity index (χ0) is 19.1. The van der Waals surface area contributed by atoms with Crippen LogP contribution >= 0.6 is 0 Å². The minimum atomic E-state index is -0.805. The Bertz CT molecular complexity index is 895. The molecule has 8 heteroatoms. The summed E-state index contributed by atoms with van der Waals surface area (Å²) in [5.41, 5.74) is 1.78. The monoisotopic (exact) mass is 367 g/mol. The van der Waals surface area contributed by atoms with E-state index in [1.807, 2.05) is 43.3 Å². The van der Waals surface area contributed by atoms with Gasteiger partial charge in [0.15, 0.2) is 11.5 Å². The van der Waals surface area contributed by atoms with Crippen molar-refractivity contribution in [2.24, 2.45) is 0 Å². The molecule has 0 unspecified atom stereocenters. The van der Waals surface area contributed by atoms with Gasteiger partial charge in [0.2, 0.25) is 5.82 Å². The highest BCUT2D eigenvalue weighted by Gasteiger charge is 2.13. The molecule has 3 aromatic rings. The SMILES string of the molecule is C/C=C/c1ccc(OC[C@H](O)Cn2nnc(-c3cccnc3)n2)c(OC)c1. The highest BCUT2D eigenvalue weighted by atomic mass is 16.5. The first-order valence-corrected chi connectivity index (χ1v) is 8.49. The average molecular weight is 367 g/mol. The van der Waals surface area contributed by atoms with Crippen molar-refractivity contribution in [2.45, 2.75) is 19.6 Å². The Labute approximate surface area is 157 Å². The molecular formula is C19H21N5O3. The number of aliphatic hydroxyl groups is 1. The fourth-order valence-electron chi connectivity index (χ4n) is 2.46. The third-order valence-corrected chi connectivity index (χ3v) is 3.72. The molecule has 2 heterocycles. The van der Waals surface area contributed by atoms with Gasteiger partial charge in [-0.2, -0.15) is 4.80 Å². The highest BCUT2D eigenvalue weighted by molar-refractivity contribution is 5.55. The number of nitrogens with zero attached hydrogens (tertiary/aromatic N) is 5. The minimum Gasteiger partial charge on any atom is -0.493 e. The van der Waals surface area contributed by atoms with Crippen molar-refractivity contribution in [3.63, 3.8) is 0 Å². The summed E-state index contributed by atoms with van der Waals surface area (Å²) >= 11 is 0. The Morgan fingerprint density at radius 3 is 2.89 bits per heavy atom. The van der Waals surface area contributed by atoms with Gasteiger partial charge in [0.25, 0.3) is 0 Å². The zero-order valence-electron chi connectivity index (χ0n) is 15.2. The van der Waals surface area contributed by atoms with Crippen molar-refractivity contribution in [3.8, 4) is 22.9 Å². The van der Waals surface area contributed by atoms with E-state index in [9.17, 15) is 5.11 Å². The van der Waals surface area contributed by atoms with Gasteiger partial charge in [-0.3, -0.25) is 4.98 Å². The van der Waals surface area contributed by atoms with Gasteiger partial charge in [-0.1, -0.05) is 18.2 Å². The third kappa shape index (κ3) is 4.89. The summed E-state index contributed by atoms with van der Waals surface area (Å²) in [6.45, 7) is 2.18. The van der Waals surface area contributed by atoms with Gasteiger partial charge in [0.1, 0.15) is 12.7 Å². The van der Waals surface area contributed by atoms with E-state index in [-0.39, 0.29) is 13.2 Å². The number of hydrogen-bond donors (Lipinski definition) is 1. The predicted molar refractivity (Wildman–Crippen MR) is 100 cm³/mol. The maximum Gasteiger partial charge on any atom is 0.206 e. The fourth-order valence-corrected chi connectivity index (χ4v) is 2.46. The molecule has 0 aliphatic rings. The molecule has 0 aliphatic heterocycles. The Balaban J connectivity index is 1.59. The van der Waals surface area contributed by atoms with E-state index in [0.717, 1.165) is 11.1 Å². The second kappa shape index (κ2) is 8.91. The van der Waals surface area contributed by atoms with E-state index in [0.29, 0.717) is 17.3 Å². The van der Waals surface area contributed by atoms with Crippen LogP contribution in [-0.4, -0.2) is 50.1 Å². The van der Waals surface area contributed by atoms with Crippen LogP contribution in [0.5, 0.6) is 11.5 Å². The maximum absolute atomic E-state index is 10.2. The molecule has 140 valence electrons. The van der Waals surface area contributed by atoms with Crippen molar-refractivity contribution >= 4 is 6.08 Å². The highest BCUT2D eigenvalue weighted by Crippen LogP contribution is 2.28. The van der Waals surface area contributed by atoms with E-state index < -0.39 is 6.10 Å². The summed E-state index contributed by atoms with van der Waals surface area (Å²) in [5.74, 6) is 1.63. The van der Waals surface area contributed by atoms with Gasteiger partial charge in [-0.25, -0.2) is 0 Å². The standard InChI is InChI=1S/C19H21N5O3/c1-3-5-14-7-8-17(18(10-14)26-2)27-13-16(25)12-24-22-19(21-23-24)15-6-4-9-20-11-15/h3-11,16,25H,12-13H2,1-2H3/b5-3+/t16-/m1/s1. The second-order valence-electron chi connectivity index (χ2n) is 5.78. The van der Waals surface area contributed by atoms with Crippen LogP contribution in [0.4, 0.5) is 0 Å². The lowest BCUT2D eigenvalue weighted by Gasteiger charge is -2.14. The summed E-state index contributed by atoms with van der Waals surface area (Å²) in [7, 11) is 1.58. The summed E-state index contributed by atoms with van der Waals surface area (Å²) in [4.78, 5) is 5.36. The predicted octanol–water partition coefficient (Wildman–Crippen LogP) is 2.22. The van der Waals surface area contributed by atoms with E-state index >= 15 is 0 Å². The Hall–Kier alpha value is -3.26. The summed E-state index contributed by atoms with van der Waals surface area (Å²) in [6, 6.07) is 9.25. The van der Waals surface area contributed by atoms with E-state index in [1.54, 1.807) is 25.6 Å². The summed E-state index contributed by atoms with van der Waals surface area (Å²) < 4.78 is 11.0. The summed E-state index contributed by atoms with van der Waals surface area (Å²) in [5, 5.41) is 22.4. The van der Waals surface area contributed by atoms with E-state index in [2.05, 4.69) is 20.4 Å². The smallest absolute Gasteiger partial charge is 0.206 e. The van der Waals surface area contributed by atoms with Crippen molar-refractivity contribution in [3.05, 3.63) is 54.4 Å². The number of pyridine rings is 1. The van der Waals surface area contributed by atoms with Gasteiger partial charge < -0.3 is 14.6 Å². The van der Waals surface area contributed by atoms with Crippen LogP contribution in [-0.2, 0) is 6.54 Å². The molecule has 1 aromatic carbocycles. The van der Waals surface area contributed by atoms with Gasteiger partial charge >= 0.3 is 0 Å². The Morgan fingerprint density at radius 1 is 1.26 bits per heavy atom. The van der Waals surface area contributed by atoms with Crippen LogP contribution in [0, 0.1) is 0 Å². The van der Waals surface area contributed by atoms with Crippen LogP contribution in [0.15, 0.2) is 48.8 Å². The van der Waals surface area contributed by atoms with Gasteiger partial charge in [-0.15, -0.1) is 10.2 Å². The number of rotatable bonds is 8. The summed E-state index contributed by atoms with van der Waals surface area (Å²) in [6.07, 6.45) is 6.45. The topological polar surface area (TPSA) is 95.2 Å². The number of aliphatic hydroxyl groups excluding tert-OH is 1. The average Bonchev–Trinajstić information content (AvgIpc) is 3.16. The van der Waals surface area contributed by atoms with Gasteiger partial charge in [0, 0.05) is 18.0 Å². The molecule has 1 N–H and O–H groups in total. The molecule has 0 spiro atoms. The van der Waals surface area contributed by atoms with E-state index in [4.69, 9.17) is 9.47 Å². The van der Waals surface area contributed by atoms with Crippen molar-refractivity contribution in [1.82, 2.24) is 25.2 Å². The number of aromatic nitrogens is 5. The lowest BCUT2D eigenvalue weighted by atomic mass is 10.2. The molecular weight excluding hydrogens is 346 g/mol. The van der Waals surface area contributed by atoms with Crippen LogP contribution in [0.25, 0.3) is 17.5 Å². The molecule has 27 heavy (non-hydrogen) atoms. The molecule has 0 radical (unpaired) electrons. The number of benzene rings is 1. The van der Waals surface area contributed by atoms with Crippen LogP contribution in [0.3, 0.4) is 0 Å². The lowest BCUT2D eigenvalue weighted by molar-refractivity contribution is 0.0836. The zero-order valence-corrected chi connectivity index (χ0v) is 15.2. The molecule has 0 saturated heterocycles. The first-order valence-electron chi connectivity index (χ1n) is 8.49. The Morgan fingerprint density at radius 2 is 2.15 bits per heavy atom. The molecule has 0 fully saturated rings. The first kappa shape index (κ1) is 18.5. The van der Waals surface area contributed by atoms with E-state index in [1.165, 1.54) is 4.80 Å². The number of allylic oxidation sites excluding steroid dienone is 1. The second-order valence-corrected chi connectivity index (χ2v) is 5.78. The molecule has 0 bridgehead atoms. The van der Waals surface area contributed by atoms with Gasteiger partial charge in [-0.05, 0) is 42.0 Å². The molecule has 0 aliphatic carbocycles. The van der Waals surface area contributed by atoms with Crippen LogP contribution < -0.4 is 9.47 Å². The molecule has 1 atom stereocenters. The largest absolute Gasteiger partial charge is 0.493 e. The number of hydrogen-bond acceptors (Lipinski definition) is 7. The number of methoxy groups -OCH3 is 1. The first-order chi connectivity index (χ1) is 13.2. The fraction of sp³-hybridized carbons (Fsp3) is 0.263. The van der Waals surface area contributed by atoms with Crippen molar-refractivity contribution in [1.29, 1.82) is 0 Å². The lowest BCUT2D eigenvalue weighted by Crippen LogP contribution is -2.25. The Kier molecular flexibility index (Phi) is 6.11.